The summed E-state index contributed by atoms with van der Waals surface area (Å²) in [6, 6.07) is 0. The number of ether oxygens (including phenoxy) is 1. The van der Waals surface area contributed by atoms with Gasteiger partial charge in [-0.15, -0.1) is 10.2 Å². The fraction of sp³-hybridized carbons (Fsp3) is 0.733. The Labute approximate surface area is 129 Å². The lowest BCUT2D eigenvalue weighted by molar-refractivity contribution is -0.174. The summed E-state index contributed by atoms with van der Waals surface area (Å²) in [7, 11) is 1.43. The molecule has 1 aliphatic heterocycles. The van der Waals surface area contributed by atoms with Gasteiger partial charge in [-0.05, 0) is 17.8 Å². The van der Waals surface area contributed by atoms with E-state index in [0.717, 1.165) is 6.42 Å². The molecule has 7 heteroatoms. The molecule has 0 unspecified atom stereocenters. The number of likely N-dealkylation sites (tertiary alicyclic amines) is 1. The van der Waals surface area contributed by atoms with Crippen LogP contribution in [-0.4, -0.2) is 51.7 Å². The van der Waals surface area contributed by atoms with Gasteiger partial charge < -0.3 is 14.2 Å². The quantitative estimate of drug-likeness (QED) is 0.766. The maximum atomic E-state index is 12.4. The van der Waals surface area contributed by atoms with E-state index in [-0.39, 0.29) is 23.2 Å². The van der Waals surface area contributed by atoms with E-state index < -0.39 is 5.41 Å². The summed E-state index contributed by atoms with van der Waals surface area (Å²) in [4.78, 5) is 26.5. The molecule has 3 rings (SSSR count). The number of hydrogen-bond acceptors (Lipinski definition) is 5. The minimum atomic E-state index is -0.496. The smallest absolute Gasteiger partial charge is 0.314 e. The zero-order valence-electron chi connectivity index (χ0n) is 13.3. The first kappa shape index (κ1) is 15.0. The number of carbonyl (C=O) groups excluding carboxylic acids is 2. The predicted molar refractivity (Wildman–Crippen MR) is 77.6 cm³/mol. The maximum Gasteiger partial charge on any atom is 0.314 e. The van der Waals surface area contributed by atoms with Crippen LogP contribution < -0.4 is 0 Å². The van der Waals surface area contributed by atoms with Crippen LogP contribution in [0, 0.1) is 16.7 Å². The molecular weight excluding hydrogens is 284 g/mol. The number of esters is 1. The van der Waals surface area contributed by atoms with Crippen molar-refractivity contribution in [1.29, 1.82) is 0 Å². The van der Waals surface area contributed by atoms with Crippen molar-refractivity contribution in [3.8, 4) is 0 Å². The zero-order valence-corrected chi connectivity index (χ0v) is 13.3. The summed E-state index contributed by atoms with van der Waals surface area (Å²) < 4.78 is 6.78. The number of aryl methyl sites for hydroxylation is 1. The molecule has 0 bridgehead atoms. The highest BCUT2D eigenvalue weighted by Crippen LogP contribution is 2.63. The molecule has 1 saturated heterocycles. The van der Waals surface area contributed by atoms with Crippen LogP contribution in [-0.2, 0) is 20.9 Å². The highest BCUT2D eigenvalue weighted by Gasteiger charge is 2.67. The second-order valence-electron chi connectivity index (χ2n) is 7.09. The van der Waals surface area contributed by atoms with E-state index in [1.54, 1.807) is 17.2 Å². The maximum absolute atomic E-state index is 12.4. The number of hydrogen-bond donors (Lipinski definition) is 0. The molecule has 1 aliphatic carbocycles. The number of methoxy groups -OCH3 is 1. The van der Waals surface area contributed by atoms with E-state index in [9.17, 15) is 9.59 Å². The van der Waals surface area contributed by atoms with Gasteiger partial charge in [-0.2, -0.15) is 0 Å². The van der Waals surface area contributed by atoms with Gasteiger partial charge in [0, 0.05) is 26.1 Å². The predicted octanol–water partition coefficient (Wildman–Crippen LogP) is 0.716. The third kappa shape index (κ3) is 2.19. The molecule has 2 heterocycles. The number of nitrogens with zero attached hydrogens (tertiary/aromatic N) is 4. The lowest BCUT2D eigenvalue weighted by atomic mass is 9.48. The molecule has 2 fully saturated rings. The second-order valence-corrected chi connectivity index (χ2v) is 7.09. The van der Waals surface area contributed by atoms with Crippen molar-refractivity contribution in [3.63, 3.8) is 0 Å². The Bertz CT molecular complexity index is 584. The molecule has 7 nitrogen and oxygen atoms in total. The molecule has 120 valence electrons. The summed E-state index contributed by atoms with van der Waals surface area (Å²) in [6.07, 6.45) is 4.37. The van der Waals surface area contributed by atoms with E-state index in [1.165, 1.54) is 7.11 Å². The van der Waals surface area contributed by atoms with Crippen LogP contribution >= 0.6 is 0 Å². The third-order valence-corrected chi connectivity index (χ3v) is 5.25. The fourth-order valence-electron chi connectivity index (χ4n) is 4.28. The molecule has 0 spiro atoms. The first-order valence-corrected chi connectivity index (χ1v) is 7.58. The highest BCUT2D eigenvalue weighted by molar-refractivity contribution is 5.83. The lowest BCUT2D eigenvalue weighted by Crippen LogP contribution is -2.57. The average Bonchev–Trinajstić information content (AvgIpc) is 3.10. The Kier molecular flexibility index (Phi) is 3.45. The van der Waals surface area contributed by atoms with Crippen molar-refractivity contribution in [2.75, 3.05) is 20.2 Å². The number of amides is 1. The monoisotopic (exact) mass is 306 g/mol. The van der Waals surface area contributed by atoms with Crippen LogP contribution in [0.5, 0.6) is 0 Å². The van der Waals surface area contributed by atoms with Gasteiger partial charge >= 0.3 is 5.97 Å². The summed E-state index contributed by atoms with van der Waals surface area (Å²) in [6.45, 7) is 5.99. The standard InChI is InChI=1S/C15H22N4O3/c1-14(2)7-15(13(21)22-3)8-19(6-11(14)15)12(20)4-5-18-9-16-17-10-18/h9-11H,4-8H2,1-3H3/t11-,15+/m1/s1. The van der Waals surface area contributed by atoms with Crippen molar-refractivity contribution in [2.45, 2.75) is 33.2 Å². The van der Waals surface area contributed by atoms with Crippen LogP contribution in [0.2, 0.25) is 0 Å². The van der Waals surface area contributed by atoms with Gasteiger partial charge in [0.05, 0.1) is 12.5 Å². The molecule has 22 heavy (non-hydrogen) atoms. The van der Waals surface area contributed by atoms with Crippen molar-refractivity contribution >= 4 is 11.9 Å². The molecule has 1 aromatic heterocycles. The van der Waals surface area contributed by atoms with Crippen molar-refractivity contribution < 1.29 is 14.3 Å². The average molecular weight is 306 g/mol. The normalized spacial score (nSPS) is 28.9. The minimum absolute atomic E-state index is 0.0715. The van der Waals surface area contributed by atoms with E-state index in [2.05, 4.69) is 24.0 Å². The Morgan fingerprint density at radius 2 is 2.00 bits per heavy atom. The third-order valence-electron chi connectivity index (χ3n) is 5.25. The van der Waals surface area contributed by atoms with Gasteiger partial charge in [-0.3, -0.25) is 9.59 Å². The molecule has 0 N–H and O–H groups in total. The number of fused-ring (bicyclic) bond motifs is 1. The Hall–Kier alpha value is -1.92. The van der Waals surface area contributed by atoms with E-state index >= 15 is 0 Å². The fourth-order valence-corrected chi connectivity index (χ4v) is 4.28. The van der Waals surface area contributed by atoms with Crippen molar-refractivity contribution in [1.82, 2.24) is 19.7 Å². The van der Waals surface area contributed by atoms with Crippen molar-refractivity contribution in [2.24, 2.45) is 16.7 Å². The van der Waals surface area contributed by atoms with Gasteiger partial charge in [0.2, 0.25) is 5.91 Å². The molecule has 0 aromatic carbocycles. The molecule has 1 amide bonds. The summed E-state index contributed by atoms with van der Waals surface area (Å²) in [5.41, 5.74) is -0.415. The molecule has 1 aromatic rings. The highest BCUT2D eigenvalue weighted by atomic mass is 16.5. The second kappa shape index (κ2) is 5.07. The Morgan fingerprint density at radius 3 is 2.59 bits per heavy atom. The van der Waals surface area contributed by atoms with E-state index in [1.807, 2.05) is 4.90 Å². The van der Waals surface area contributed by atoms with Crippen LogP contribution in [0.4, 0.5) is 0 Å². The Balaban J connectivity index is 1.67. The number of aromatic nitrogens is 3. The van der Waals surface area contributed by atoms with Crippen LogP contribution in [0.1, 0.15) is 26.7 Å². The number of rotatable bonds is 4. The summed E-state index contributed by atoms with van der Waals surface area (Å²) in [5, 5.41) is 7.45. The van der Waals surface area contributed by atoms with Gasteiger partial charge in [0.15, 0.2) is 0 Å². The first-order valence-electron chi connectivity index (χ1n) is 7.58. The zero-order chi connectivity index (χ0) is 16.0. The molecule has 2 aliphatic rings. The Morgan fingerprint density at radius 1 is 1.32 bits per heavy atom. The van der Waals surface area contributed by atoms with Crippen LogP contribution in [0.15, 0.2) is 12.7 Å². The SMILES string of the molecule is COC(=O)[C@@]12CN(C(=O)CCn3cnnc3)C[C@@H]1C(C)(C)C2. The topological polar surface area (TPSA) is 77.3 Å². The first-order chi connectivity index (χ1) is 10.4. The van der Waals surface area contributed by atoms with E-state index in [0.29, 0.717) is 26.1 Å². The lowest BCUT2D eigenvalue weighted by Gasteiger charge is -2.54. The molecule has 2 atom stereocenters. The van der Waals surface area contributed by atoms with Crippen LogP contribution in [0.3, 0.4) is 0 Å². The van der Waals surface area contributed by atoms with Gasteiger partial charge in [-0.1, -0.05) is 13.8 Å². The molecule has 1 saturated carbocycles. The molecule has 0 radical (unpaired) electrons. The molecular formula is C15H22N4O3. The van der Waals surface area contributed by atoms with Gasteiger partial charge in [-0.25, -0.2) is 0 Å². The summed E-state index contributed by atoms with van der Waals surface area (Å²) >= 11 is 0. The van der Waals surface area contributed by atoms with E-state index in [4.69, 9.17) is 4.74 Å². The van der Waals surface area contributed by atoms with Crippen molar-refractivity contribution in [3.05, 3.63) is 12.7 Å². The van der Waals surface area contributed by atoms with Crippen LogP contribution in [0.25, 0.3) is 0 Å². The largest absolute Gasteiger partial charge is 0.469 e. The minimum Gasteiger partial charge on any atom is -0.469 e. The number of carbonyl (C=O) groups is 2. The summed E-state index contributed by atoms with van der Waals surface area (Å²) in [5.74, 6) is 0.0828. The van der Waals surface area contributed by atoms with Gasteiger partial charge in [0.25, 0.3) is 0 Å². The van der Waals surface area contributed by atoms with Gasteiger partial charge in [0.1, 0.15) is 12.7 Å².